The van der Waals surface area contributed by atoms with Crippen molar-refractivity contribution in [2.45, 2.75) is 174 Å². The summed E-state index contributed by atoms with van der Waals surface area (Å²) >= 11 is 0. The molecule has 1 heterocycles. The minimum Gasteiger partial charge on any atom is -0.508 e. The van der Waals surface area contributed by atoms with Crippen molar-refractivity contribution in [2.75, 3.05) is 178 Å². The summed E-state index contributed by atoms with van der Waals surface area (Å²) in [7, 11) is -36.2. The number of aromatic nitrogens is 1. The number of phenolic OH excluding ortho intramolecular Hbond substituents is 2. The summed E-state index contributed by atoms with van der Waals surface area (Å²) in [5, 5.41) is 61.5. The molecular formula is C89H152N22O31S8. The number of hydrogen-bond donors (Lipinski definition) is 18. The second kappa shape index (κ2) is 61.8. The van der Waals surface area contributed by atoms with Crippen LogP contribution >= 0.6 is 0 Å². The predicted octanol–water partition coefficient (Wildman–Crippen LogP) is -5.95. The lowest BCUT2D eigenvalue weighted by Gasteiger charge is -2.32. The maximum absolute atomic E-state index is 15.1. The van der Waals surface area contributed by atoms with E-state index in [2.05, 4.69) is 47.5 Å². The molecule has 0 unspecified atom stereocenters. The van der Waals surface area contributed by atoms with Gasteiger partial charge in [0.05, 0.1) is 99.9 Å². The van der Waals surface area contributed by atoms with Crippen LogP contribution in [0.2, 0.25) is 0 Å². The van der Waals surface area contributed by atoms with E-state index in [1.54, 1.807) is 44.3 Å². The van der Waals surface area contributed by atoms with Crippen LogP contribution in [0.5, 0.6) is 11.5 Å². The third kappa shape index (κ3) is 50.3. The highest BCUT2D eigenvalue weighted by atomic mass is 32.2. The fourth-order valence-electron chi connectivity index (χ4n) is 16.2. The van der Waals surface area contributed by atoms with E-state index in [9.17, 15) is 131 Å². The molecule has 0 fully saturated rings. The van der Waals surface area contributed by atoms with Gasteiger partial charge in [-0.25, -0.2) is 67.3 Å². The number of carbonyl (C=O) groups is 11. The molecule has 1 aromatic heterocycles. The Balaban J connectivity index is 1.78. The number of phenols is 2. The van der Waals surface area contributed by atoms with Crippen molar-refractivity contribution in [3.8, 4) is 11.5 Å². The average Bonchev–Trinajstić information content (AvgIpc) is 1.57. The maximum Gasteiger partial charge on any atom is 0.303 e. The summed E-state index contributed by atoms with van der Waals surface area (Å²) in [6, 6.07) is 6.93. The number of aromatic hydroxyl groups is 2. The van der Waals surface area contributed by atoms with E-state index in [0.717, 1.165) is 25.7 Å². The molecule has 0 radical (unpaired) electrons. The van der Waals surface area contributed by atoms with Gasteiger partial charge in [-0.1, -0.05) is 90.4 Å². The number of H-pyrrole nitrogens is 1. The highest BCUT2D eigenvalue weighted by molar-refractivity contribution is 7.90. The SMILES string of the molecule is CC(=O)N[C@@H](CCC(=O)O)CN(CC(=O)N[C@@H](CC(C)C)CN(CC(=O)N[C@@H](Cc1c[nH]c2ccccc12)CN(CC(=O)N[C@@H](CCC(=O)O)CN(CC(=O)N[C@@H](Cc1ccc(O)cc1)CN(CC(=O)N[C@@H](CCCCN)CN(CC(=O)N[C@@H](Cc1ccc(O)cc1)CN(CC(=O)N[C@@H](C)CN(CC(N)=O)S(C)(=O)=O)S(C)(=O)=O)S(C)(=O)=O)S(=O)(=O)CCN)S(=O)(=O)CC(C)C)S(=O)(=O)CC(C)C)S(=O)(=O)CCN)S(=O)(=O)CCN. The monoisotopic (exact) mass is 2280 g/mol. The normalized spacial score (nSPS) is 14.4. The minimum absolute atomic E-state index is 0.0153. The Hall–Kier alpha value is -9.91. The Labute approximate surface area is 879 Å². The predicted molar refractivity (Wildman–Crippen MR) is 561 cm³/mol. The number of sulfonamides is 8. The number of nitrogens with two attached hydrogens (primary N) is 5. The van der Waals surface area contributed by atoms with Gasteiger partial charge in [0, 0.05) is 157 Å². The first-order chi connectivity index (χ1) is 69.5. The summed E-state index contributed by atoms with van der Waals surface area (Å²) in [5.74, 6) is -18.0. The molecule has 0 aliphatic carbocycles. The topological polar surface area (TPSA) is 810 Å². The summed E-state index contributed by atoms with van der Waals surface area (Å²) in [5.41, 5.74) is 30.2. The number of primary amides is 1. The lowest BCUT2D eigenvalue weighted by Crippen LogP contribution is -2.56. The van der Waals surface area contributed by atoms with Crippen molar-refractivity contribution in [3.05, 3.63) is 95.7 Å². The van der Waals surface area contributed by atoms with Gasteiger partial charge in [0.25, 0.3) is 0 Å². The van der Waals surface area contributed by atoms with Gasteiger partial charge in [-0.3, -0.25) is 52.7 Å². The van der Waals surface area contributed by atoms with E-state index >= 15 is 9.59 Å². The average molecular weight is 2280 g/mol. The van der Waals surface area contributed by atoms with E-state index in [0.29, 0.717) is 56.5 Å². The molecule has 0 spiro atoms. The highest BCUT2D eigenvalue weighted by Gasteiger charge is 2.40. The van der Waals surface area contributed by atoms with Crippen LogP contribution in [0.1, 0.15) is 123 Å². The number of aromatic amines is 1. The van der Waals surface area contributed by atoms with Crippen LogP contribution < -0.4 is 71.2 Å². The summed E-state index contributed by atoms with van der Waals surface area (Å²) in [6.07, 6.45) is 1.08. The van der Waals surface area contributed by atoms with Crippen LogP contribution in [0.25, 0.3) is 10.9 Å². The summed E-state index contributed by atoms with van der Waals surface area (Å²) in [6.45, 7) is -3.33. The van der Waals surface area contributed by atoms with Gasteiger partial charge in [-0.05, 0) is 130 Å². The lowest BCUT2D eigenvalue weighted by atomic mass is 10.0. The Morgan fingerprint density at radius 1 is 0.347 bits per heavy atom. The molecule has 0 bridgehead atoms. The summed E-state index contributed by atoms with van der Waals surface area (Å²) in [4.78, 5) is 153. The Morgan fingerprint density at radius 3 is 1.00 bits per heavy atom. The van der Waals surface area contributed by atoms with E-state index in [4.69, 9.17) is 28.7 Å². The Morgan fingerprint density at radius 2 is 0.653 bits per heavy atom. The van der Waals surface area contributed by atoms with Gasteiger partial charge >= 0.3 is 11.9 Å². The molecule has 0 aliphatic rings. The molecule has 852 valence electrons. The zero-order valence-corrected chi connectivity index (χ0v) is 92.9. The minimum atomic E-state index is -4.76. The number of carboxylic acid groups (broad SMARTS) is 2. The highest BCUT2D eigenvalue weighted by Crippen LogP contribution is 2.25. The number of nitrogens with one attached hydrogen (secondary N) is 9. The first kappa shape index (κ1) is 132. The van der Waals surface area contributed by atoms with Gasteiger partial charge in [0.1, 0.15) is 11.5 Å². The van der Waals surface area contributed by atoms with Gasteiger partial charge in [0.2, 0.25) is 133 Å². The number of carbonyl (C=O) groups excluding carboxylic acids is 9. The first-order valence-corrected chi connectivity index (χ1v) is 61.9. The van der Waals surface area contributed by atoms with Crippen LogP contribution in [0, 0.1) is 17.8 Å². The number of hydrogen-bond acceptors (Lipinski definition) is 33. The molecule has 3 aromatic carbocycles. The number of unbranched alkanes of at least 4 members (excludes halogenated alkanes) is 1. The molecule has 53 nitrogen and oxygen atoms in total. The van der Waals surface area contributed by atoms with E-state index < -0.39 is 378 Å². The second-order valence-corrected chi connectivity index (χ2v) is 54.5. The number of fused-ring (bicyclic) bond motifs is 1. The number of nitrogens with zero attached hydrogens (tertiary/aromatic N) is 8. The van der Waals surface area contributed by atoms with Crippen molar-refractivity contribution < 1.29 is 141 Å². The van der Waals surface area contributed by atoms with Gasteiger partial charge in [-0.2, -0.15) is 34.4 Å². The van der Waals surface area contributed by atoms with Gasteiger partial charge in [0.15, 0.2) is 0 Å². The number of benzene rings is 3. The van der Waals surface area contributed by atoms with E-state index in [1.165, 1.54) is 83.1 Å². The first-order valence-electron chi connectivity index (χ1n) is 48.3. The molecule has 0 aliphatic heterocycles. The van der Waals surface area contributed by atoms with Gasteiger partial charge in [-0.15, -0.1) is 0 Å². The summed E-state index contributed by atoms with van der Waals surface area (Å²) < 4.78 is 230. The van der Waals surface area contributed by atoms with Crippen molar-refractivity contribution in [3.63, 3.8) is 0 Å². The molecule has 0 saturated heterocycles. The number of carboxylic acids is 2. The third-order valence-corrected chi connectivity index (χ3v) is 36.2. The molecule has 4 rings (SSSR count). The molecular weight excluding hydrogens is 2130 g/mol. The molecule has 4 aromatic rings. The lowest BCUT2D eigenvalue weighted by molar-refractivity contribution is -0.138. The fourth-order valence-corrected chi connectivity index (χ4v) is 26.1. The number of para-hydroxylation sites is 1. The standard InChI is InChI=1S/C89H152N22O31S8/c1-61(2)38-72(100-85(120)55-107(146(133,134)35-32-91)45-70(97-65(8)112)23-29-88(123)124)48-108(147(135,136)36-33-92)56-86(121)103-75(41-68-42-95-79-18-13-12-17-78(68)79)50-111(150(141,142)60-63(5)6)57-84(119)99-71(24-30-89(125)126)46-110(149(139,140)59-62(3)4)58-87(122)102-74(40-67-21-27-77(114)28-22-67)49-109(148(137,138)37-34-93)54-83(118)98-69(16-14-15-31-90)44-105(144(10,129)130)53-82(117)101-73(39-66-19-25-76(113)26-20-66)47-106(145(11,131)132)52-81(116)96-64(7)43-104(51-80(94)115)143(9,127)128/h12-13,17-22,25-28,42,61-64,69-75,95,113-114H,14-16,23-24,29-41,43-60,90-93H2,1-11H3,(H2,94,115)(H,96,116)(H,97,112)(H,98,118)(H,99,119)(H,100,120)(H,101,117)(H,102,122)(H,103,121)(H,123,124)(H,125,126)/t64-,69-,70-,71-,72-,73-,74-,75-/m0/s1. The van der Waals surface area contributed by atoms with Crippen LogP contribution in [0.3, 0.4) is 0 Å². The van der Waals surface area contributed by atoms with Crippen LogP contribution in [0.4, 0.5) is 0 Å². The Bertz CT molecular complexity index is 6120. The molecule has 9 amide bonds. The molecule has 61 heteroatoms. The quantitative estimate of drug-likeness (QED) is 0.0183. The van der Waals surface area contributed by atoms with Crippen LogP contribution in [-0.2, 0) is 152 Å². The van der Waals surface area contributed by atoms with Crippen LogP contribution in [-0.4, -0.2) is 419 Å². The smallest absolute Gasteiger partial charge is 0.303 e. The second-order valence-electron chi connectivity index (χ2n) is 38.3. The number of aliphatic carboxylic acids is 2. The van der Waals surface area contributed by atoms with Crippen molar-refractivity contribution in [2.24, 2.45) is 46.4 Å². The molecule has 150 heavy (non-hydrogen) atoms. The number of rotatable bonds is 76. The van der Waals surface area contributed by atoms with Crippen molar-refractivity contribution in [1.82, 2.24) is 82.0 Å². The molecule has 23 N–H and O–H groups in total. The molecule has 8 atom stereocenters. The zero-order chi connectivity index (χ0) is 113. The largest absolute Gasteiger partial charge is 0.508 e. The van der Waals surface area contributed by atoms with Gasteiger partial charge < -0.3 is 96.6 Å². The Kier molecular flexibility index (Phi) is 54.6. The van der Waals surface area contributed by atoms with Crippen molar-refractivity contribution in [1.29, 1.82) is 0 Å². The molecule has 0 saturated carbocycles. The van der Waals surface area contributed by atoms with E-state index in [-0.39, 0.29) is 80.9 Å². The third-order valence-electron chi connectivity index (χ3n) is 22.8. The zero-order valence-electron chi connectivity index (χ0n) is 86.4. The van der Waals surface area contributed by atoms with Crippen molar-refractivity contribution >= 4 is 156 Å². The maximum atomic E-state index is 15.1. The number of amides is 9. The van der Waals surface area contributed by atoms with E-state index in [1.807, 2.05) is 0 Å². The fraction of sp³-hybridized carbons (Fsp3) is 0.652. The van der Waals surface area contributed by atoms with Crippen LogP contribution in [0.15, 0.2) is 79.0 Å².